The molecule has 0 fully saturated rings. The van der Waals surface area contributed by atoms with Crippen LogP contribution in [0.15, 0.2) is 132 Å². The molecule has 39 heavy (non-hydrogen) atoms. The molecule has 0 saturated heterocycles. The van der Waals surface area contributed by atoms with E-state index in [1.54, 1.807) is 0 Å². The molecule has 0 spiro atoms. The SMILES string of the molecule is c1ccc2ncc(-c3cc(-c4cccc5c4oc4ccccc45)c4ccc5cccc6ccc3c4c65)cc2c1. The molecule has 180 valence electrons. The van der Waals surface area contributed by atoms with E-state index in [1.165, 1.54) is 43.4 Å². The van der Waals surface area contributed by atoms with E-state index in [1.807, 2.05) is 18.3 Å². The van der Waals surface area contributed by atoms with Crippen LogP contribution in [0.2, 0.25) is 0 Å². The highest BCUT2D eigenvalue weighted by molar-refractivity contribution is 6.29. The molecule has 0 aliphatic heterocycles. The van der Waals surface area contributed by atoms with Crippen molar-refractivity contribution < 1.29 is 4.42 Å². The molecule has 2 heterocycles. The van der Waals surface area contributed by atoms with Crippen molar-refractivity contribution in [1.82, 2.24) is 4.98 Å². The Kier molecular flexibility index (Phi) is 4.08. The van der Waals surface area contributed by atoms with Gasteiger partial charge in [-0.05, 0) is 67.7 Å². The van der Waals surface area contributed by atoms with Gasteiger partial charge in [-0.25, -0.2) is 0 Å². The molecule has 2 nitrogen and oxygen atoms in total. The number of para-hydroxylation sites is 3. The maximum atomic E-state index is 6.52. The molecule has 7 aromatic carbocycles. The van der Waals surface area contributed by atoms with E-state index in [0.717, 1.165) is 44.0 Å². The third-order valence-corrected chi connectivity index (χ3v) is 8.24. The lowest BCUT2D eigenvalue weighted by molar-refractivity contribution is 0.670. The number of aromatic nitrogens is 1. The van der Waals surface area contributed by atoms with Crippen molar-refractivity contribution in [3.05, 3.63) is 128 Å². The minimum atomic E-state index is 0.914. The largest absolute Gasteiger partial charge is 0.455 e. The highest BCUT2D eigenvalue weighted by Gasteiger charge is 2.19. The molecule has 0 aliphatic carbocycles. The predicted octanol–water partition coefficient (Wildman–Crippen LogP) is 10.4. The van der Waals surface area contributed by atoms with Crippen LogP contribution >= 0.6 is 0 Å². The minimum Gasteiger partial charge on any atom is -0.455 e. The van der Waals surface area contributed by atoms with Crippen LogP contribution in [0.5, 0.6) is 0 Å². The number of hydrogen-bond donors (Lipinski definition) is 0. The van der Waals surface area contributed by atoms with Gasteiger partial charge in [-0.2, -0.15) is 0 Å². The van der Waals surface area contributed by atoms with Crippen LogP contribution in [0, 0.1) is 0 Å². The molecule has 0 bridgehead atoms. The van der Waals surface area contributed by atoms with E-state index in [2.05, 4.69) is 109 Å². The third kappa shape index (κ3) is 2.89. The van der Waals surface area contributed by atoms with E-state index in [0.29, 0.717) is 0 Å². The first-order chi connectivity index (χ1) is 19.3. The molecule has 2 aromatic heterocycles. The van der Waals surface area contributed by atoms with Crippen molar-refractivity contribution in [1.29, 1.82) is 0 Å². The monoisotopic (exact) mass is 495 g/mol. The molecule has 0 amide bonds. The quantitative estimate of drug-likeness (QED) is 0.223. The zero-order valence-corrected chi connectivity index (χ0v) is 21.0. The van der Waals surface area contributed by atoms with Gasteiger partial charge >= 0.3 is 0 Å². The smallest absolute Gasteiger partial charge is 0.143 e. The number of furan rings is 1. The van der Waals surface area contributed by atoms with Gasteiger partial charge in [0.05, 0.1) is 5.52 Å². The molecule has 9 aromatic rings. The highest BCUT2D eigenvalue weighted by Crippen LogP contribution is 2.46. The van der Waals surface area contributed by atoms with Gasteiger partial charge in [0, 0.05) is 33.5 Å². The first-order valence-electron chi connectivity index (χ1n) is 13.3. The van der Waals surface area contributed by atoms with Gasteiger partial charge in [-0.3, -0.25) is 4.98 Å². The summed E-state index contributed by atoms with van der Waals surface area (Å²) in [4.78, 5) is 4.83. The summed E-state index contributed by atoms with van der Waals surface area (Å²) >= 11 is 0. The van der Waals surface area contributed by atoms with Crippen LogP contribution in [0.3, 0.4) is 0 Å². The highest BCUT2D eigenvalue weighted by atomic mass is 16.3. The van der Waals surface area contributed by atoms with Gasteiger partial charge in [-0.1, -0.05) is 97.1 Å². The second kappa shape index (κ2) is 7.66. The number of nitrogens with zero attached hydrogens (tertiary/aromatic N) is 1. The zero-order valence-electron chi connectivity index (χ0n) is 21.0. The molecule has 2 heteroatoms. The average Bonchev–Trinajstić information content (AvgIpc) is 3.38. The summed E-state index contributed by atoms with van der Waals surface area (Å²) in [5.74, 6) is 0. The van der Waals surface area contributed by atoms with Crippen molar-refractivity contribution in [3.63, 3.8) is 0 Å². The van der Waals surface area contributed by atoms with Crippen LogP contribution in [0.25, 0.3) is 87.4 Å². The molecule has 0 N–H and O–H groups in total. The molecule has 0 atom stereocenters. The van der Waals surface area contributed by atoms with E-state index in [9.17, 15) is 0 Å². The predicted molar refractivity (Wildman–Crippen MR) is 164 cm³/mol. The zero-order chi connectivity index (χ0) is 25.5. The van der Waals surface area contributed by atoms with E-state index < -0.39 is 0 Å². The number of benzene rings is 7. The van der Waals surface area contributed by atoms with Gasteiger partial charge in [0.15, 0.2) is 0 Å². The average molecular weight is 496 g/mol. The first-order valence-corrected chi connectivity index (χ1v) is 13.3. The lowest BCUT2D eigenvalue weighted by Gasteiger charge is -2.18. The van der Waals surface area contributed by atoms with Gasteiger partial charge in [-0.15, -0.1) is 0 Å². The molecular weight excluding hydrogens is 474 g/mol. The summed E-state index contributed by atoms with van der Waals surface area (Å²) in [7, 11) is 0. The van der Waals surface area contributed by atoms with Crippen molar-refractivity contribution in [3.8, 4) is 22.3 Å². The number of hydrogen-bond acceptors (Lipinski definition) is 2. The van der Waals surface area contributed by atoms with Gasteiger partial charge in [0.1, 0.15) is 11.2 Å². The Bertz CT molecular complexity index is 2380. The van der Waals surface area contributed by atoms with E-state index >= 15 is 0 Å². The summed E-state index contributed by atoms with van der Waals surface area (Å²) in [6, 6.07) is 43.4. The van der Waals surface area contributed by atoms with Gasteiger partial charge in [0.25, 0.3) is 0 Å². The van der Waals surface area contributed by atoms with Crippen LogP contribution in [0.4, 0.5) is 0 Å². The first kappa shape index (κ1) is 20.8. The second-order valence-electron chi connectivity index (χ2n) is 10.3. The third-order valence-electron chi connectivity index (χ3n) is 8.24. The van der Waals surface area contributed by atoms with Gasteiger partial charge in [0.2, 0.25) is 0 Å². The Labute approximate surface area is 224 Å². The number of fused-ring (bicyclic) bond motifs is 4. The summed E-state index contributed by atoms with van der Waals surface area (Å²) in [6.07, 6.45) is 2.01. The standard InChI is InChI=1S/C37H21NO/c1-3-13-33-24(7-1)19-25(21-38-33)31-20-32(30-12-6-11-29-26-10-2-4-14-34(26)39-37(29)30)28-18-16-23-9-5-8-22-15-17-27(31)36(28)35(22)23/h1-21H. The summed E-state index contributed by atoms with van der Waals surface area (Å²) < 4.78 is 6.52. The maximum absolute atomic E-state index is 6.52. The van der Waals surface area contributed by atoms with Crippen molar-refractivity contribution >= 4 is 65.2 Å². The Balaban J connectivity index is 1.46. The summed E-state index contributed by atoms with van der Waals surface area (Å²) in [6.45, 7) is 0. The molecule has 9 rings (SSSR count). The Morgan fingerprint density at radius 2 is 1.18 bits per heavy atom. The maximum Gasteiger partial charge on any atom is 0.143 e. The van der Waals surface area contributed by atoms with Crippen LogP contribution in [-0.2, 0) is 0 Å². The molecule has 0 aliphatic rings. The number of rotatable bonds is 2. The Hall–Kier alpha value is -5.21. The molecule has 0 unspecified atom stereocenters. The lowest BCUT2D eigenvalue weighted by atomic mass is 9.85. The minimum absolute atomic E-state index is 0.914. The van der Waals surface area contributed by atoms with Crippen molar-refractivity contribution in [2.45, 2.75) is 0 Å². The lowest BCUT2D eigenvalue weighted by Crippen LogP contribution is -1.92. The fourth-order valence-electron chi connectivity index (χ4n) is 6.47. The van der Waals surface area contributed by atoms with Crippen molar-refractivity contribution in [2.75, 3.05) is 0 Å². The normalized spacial score (nSPS) is 12.1. The molecular formula is C37H21NO. The fraction of sp³-hybridized carbons (Fsp3) is 0. The van der Waals surface area contributed by atoms with Crippen LogP contribution < -0.4 is 0 Å². The summed E-state index contributed by atoms with van der Waals surface area (Å²) in [5, 5.41) is 11.0. The molecule has 0 saturated carbocycles. The molecule has 0 radical (unpaired) electrons. The van der Waals surface area contributed by atoms with Crippen LogP contribution in [0.1, 0.15) is 0 Å². The summed E-state index contributed by atoms with van der Waals surface area (Å²) in [5.41, 5.74) is 7.43. The fourth-order valence-corrected chi connectivity index (χ4v) is 6.47. The Morgan fingerprint density at radius 3 is 2.08 bits per heavy atom. The van der Waals surface area contributed by atoms with E-state index in [4.69, 9.17) is 9.40 Å². The van der Waals surface area contributed by atoms with E-state index in [-0.39, 0.29) is 0 Å². The number of pyridine rings is 1. The van der Waals surface area contributed by atoms with Gasteiger partial charge < -0.3 is 4.42 Å². The Morgan fingerprint density at radius 1 is 0.462 bits per heavy atom. The van der Waals surface area contributed by atoms with Crippen molar-refractivity contribution in [2.24, 2.45) is 0 Å². The van der Waals surface area contributed by atoms with Crippen LogP contribution in [-0.4, -0.2) is 4.98 Å². The second-order valence-corrected chi connectivity index (χ2v) is 10.3. The topological polar surface area (TPSA) is 26.0 Å².